The van der Waals surface area contributed by atoms with E-state index in [0.29, 0.717) is 30.9 Å². The smallest absolute Gasteiger partial charge is 0.329 e. The number of H-pyrrole nitrogens is 1. The first-order valence-corrected chi connectivity index (χ1v) is 7.48. The maximum absolute atomic E-state index is 12.0. The van der Waals surface area contributed by atoms with E-state index >= 15 is 0 Å². The molecule has 0 saturated carbocycles. The SMILES string of the molecule is CCOCCn1c(SCC)nc2c1c(=O)[nH]c(=O)n2C. The molecule has 0 bridgehead atoms. The van der Waals surface area contributed by atoms with E-state index in [1.807, 2.05) is 18.4 Å². The van der Waals surface area contributed by atoms with Gasteiger partial charge >= 0.3 is 5.69 Å². The van der Waals surface area contributed by atoms with Crippen LogP contribution in [0.15, 0.2) is 14.7 Å². The molecule has 0 saturated heterocycles. The summed E-state index contributed by atoms with van der Waals surface area (Å²) < 4.78 is 8.52. The number of imidazole rings is 1. The summed E-state index contributed by atoms with van der Waals surface area (Å²) in [7, 11) is 1.60. The molecule has 0 aliphatic heterocycles. The van der Waals surface area contributed by atoms with Gasteiger partial charge in [-0.1, -0.05) is 18.7 Å². The van der Waals surface area contributed by atoms with Gasteiger partial charge in [0.2, 0.25) is 0 Å². The molecule has 20 heavy (non-hydrogen) atoms. The number of ether oxygens (including phenoxy) is 1. The summed E-state index contributed by atoms with van der Waals surface area (Å²) in [5.74, 6) is 0.837. The van der Waals surface area contributed by atoms with Gasteiger partial charge in [0.05, 0.1) is 6.61 Å². The van der Waals surface area contributed by atoms with E-state index in [1.54, 1.807) is 7.05 Å². The van der Waals surface area contributed by atoms with Crippen molar-refractivity contribution in [2.75, 3.05) is 19.0 Å². The van der Waals surface area contributed by atoms with Gasteiger partial charge in [-0.15, -0.1) is 0 Å². The van der Waals surface area contributed by atoms with Gasteiger partial charge in [-0.05, 0) is 12.7 Å². The molecule has 2 aromatic rings. The van der Waals surface area contributed by atoms with Crippen LogP contribution in [0, 0.1) is 0 Å². The van der Waals surface area contributed by atoms with Gasteiger partial charge in [0.25, 0.3) is 5.56 Å². The molecule has 0 radical (unpaired) electrons. The van der Waals surface area contributed by atoms with Crippen LogP contribution in [0.5, 0.6) is 0 Å². The first kappa shape index (κ1) is 14.9. The summed E-state index contributed by atoms with van der Waals surface area (Å²) in [5.41, 5.74) is -0.0333. The molecule has 0 amide bonds. The van der Waals surface area contributed by atoms with Crippen molar-refractivity contribution in [3.05, 3.63) is 20.8 Å². The number of fused-ring (bicyclic) bond motifs is 1. The largest absolute Gasteiger partial charge is 0.380 e. The Bertz CT molecular complexity index is 716. The number of thioether (sulfide) groups is 1. The van der Waals surface area contributed by atoms with Crippen molar-refractivity contribution >= 4 is 22.9 Å². The molecule has 0 aromatic carbocycles. The Labute approximate surface area is 120 Å². The fourth-order valence-electron chi connectivity index (χ4n) is 1.96. The van der Waals surface area contributed by atoms with Crippen LogP contribution < -0.4 is 11.2 Å². The molecule has 2 rings (SSSR count). The Morgan fingerprint density at radius 2 is 2.10 bits per heavy atom. The normalized spacial score (nSPS) is 11.3. The average molecular weight is 298 g/mol. The number of hydrogen-bond donors (Lipinski definition) is 1. The van der Waals surface area contributed by atoms with Crippen LogP contribution in [-0.2, 0) is 18.3 Å². The molecule has 0 atom stereocenters. The Kier molecular flexibility index (Phi) is 4.66. The van der Waals surface area contributed by atoms with Gasteiger partial charge < -0.3 is 9.30 Å². The molecular formula is C12H18N4O3S. The molecule has 110 valence electrons. The Balaban J connectivity index is 2.62. The van der Waals surface area contributed by atoms with Gasteiger partial charge in [-0.2, -0.15) is 0 Å². The van der Waals surface area contributed by atoms with Crippen LogP contribution in [0.25, 0.3) is 11.2 Å². The lowest BCUT2D eigenvalue weighted by Gasteiger charge is -2.07. The second kappa shape index (κ2) is 6.27. The summed E-state index contributed by atoms with van der Waals surface area (Å²) in [6.45, 7) is 5.59. The van der Waals surface area contributed by atoms with E-state index < -0.39 is 11.2 Å². The van der Waals surface area contributed by atoms with E-state index in [4.69, 9.17) is 4.74 Å². The molecule has 0 spiro atoms. The van der Waals surface area contributed by atoms with Crippen LogP contribution in [0.2, 0.25) is 0 Å². The van der Waals surface area contributed by atoms with Crippen LogP contribution in [0.4, 0.5) is 0 Å². The van der Waals surface area contributed by atoms with Crippen molar-refractivity contribution in [1.82, 2.24) is 19.1 Å². The summed E-state index contributed by atoms with van der Waals surface area (Å²) in [6, 6.07) is 0. The fraction of sp³-hybridized carbons (Fsp3) is 0.583. The Hall–Kier alpha value is -1.54. The second-order valence-corrected chi connectivity index (χ2v) is 5.40. The first-order chi connectivity index (χ1) is 9.60. The third kappa shape index (κ3) is 2.66. The Morgan fingerprint density at radius 3 is 2.75 bits per heavy atom. The second-order valence-electron chi connectivity index (χ2n) is 4.17. The lowest BCUT2D eigenvalue weighted by molar-refractivity contribution is 0.138. The van der Waals surface area contributed by atoms with E-state index in [9.17, 15) is 9.59 Å². The summed E-state index contributed by atoms with van der Waals surface area (Å²) >= 11 is 1.54. The third-order valence-electron chi connectivity index (χ3n) is 2.91. The quantitative estimate of drug-likeness (QED) is 0.623. The molecular weight excluding hydrogens is 280 g/mol. The minimum absolute atomic E-state index is 0.407. The molecule has 0 aliphatic carbocycles. The molecule has 1 N–H and O–H groups in total. The zero-order valence-electron chi connectivity index (χ0n) is 11.8. The van der Waals surface area contributed by atoms with E-state index in [2.05, 4.69) is 9.97 Å². The number of aromatic amines is 1. The van der Waals surface area contributed by atoms with Gasteiger partial charge in [-0.3, -0.25) is 14.3 Å². The monoisotopic (exact) mass is 298 g/mol. The maximum Gasteiger partial charge on any atom is 0.329 e. The summed E-state index contributed by atoms with van der Waals surface area (Å²) in [5, 5.41) is 0.730. The van der Waals surface area contributed by atoms with Crippen LogP contribution in [0.1, 0.15) is 13.8 Å². The maximum atomic E-state index is 12.0. The van der Waals surface area contributed by atoms with Crippen LogP contribution in [-0.4, -0.2) is 38.1 Å². The zero-order chi connectivity index (χ0) is 14.7. The van der Waals surface area contributed by atoms with E-state index in [-0.39, 0.29) is 0 Å². The minimum Gasteiger partial charge on any atom is -0.380 e. The highest BCUT2D eigenvalue weighted by Crippen LogP contribution is 2.20. The van der Waals surface area contributed by atoms with Crippen LogP contribution >= 0.6 is 11.8 Å². The predicted octanol–water partition coefficient (Wildman–Crippen LogP) is 0.572. The van der Waals surface area contributed by atoms with Crippen molar-refractivity contribution in [2.45, 2.75) is 25.5 Å². The third-order valence-corrected chi connectivity index (χ3v) is 3.77. The summed E-state index contributed by atoms with van der Waals surface area (Å²) in [6.07, 6.45) is 0. The molecule has 8 heteroatoms. The number of nitrogens with zero attached hydrogens (tertiary/aromatic N) is 3. The van der Waals surface area contributed by atoms with Gasteiger partial charge in [0.1, 0.15) is 0 Å². The van der Waals surface area contributed by atoms with Gasteiger partial charge in [-0.25, -0.2) is 9.78 Å². The average Bonchev–Trinajstić information content (AvgIpc) is 2.77. The zero-order valence-corrected chi connectivity index (χ0v) is 12.6. The van der Waals surface area contributed by atoms with E-state index in [1.165, 1.54) is 16.3 Å². The lowest BCUT2D eigenvalue weighted by atomic mass is 10.5. The predicted molar refractivity (Wildman–Crippen MR) is 78.5 cm³/mol. The fourth-order valence-corrected chi connectivity index (χ4v) is 2.71. The molecule has 2 aromatic heterocycles. The molecule has 0 aliphatic rings. The standard InChI is InChI=1S/C12H18N4O3S/c1-4-19-7-6-16-8-9(13-12(16)20-5-2)15(3)11(18)14-10(8)17/h4-7H2,1-3H3,(H,14,17,18). The molecule has 0 unspecified atom stereocenters. The molecule has 2 heterocycles. The highest BCUT2D eigenvalue weighted by Gasteiger charge is 2.16. The number of aromatic nitrogens is 4. The molecule has 0 fully saturated rings. The lowest BCUT2D eigenvalue weighted by Crippen LogP contribution is -2.29. The van der Waals surface area contributed by atoms with Gasteiger partial charge in [0.15, 0.2) is 16.3 Å². The van der Waals surface area contributed by atoms with Gasteiger partial charge in [0, 0.05) is 20.2 Å². The topological polar surface area (TPSA) is 81.9 Å². The van der Waals surface area contributed by atoms with E-state index in [0.717, 1.165) is 10.9 Å². The first-order valence-electron chi connectivity index (χ1n) is 6.50. The minimum atomic E-state index is -0.454. The highest BCUT2D eigenvalue weighted by atomic mass is 32.2. The van der Waals surface area contributed by atoms with Crippen molar-refractivity contribution in [3.63, 3.8) is 0 Å². The Morgan fingerprint density at radius 1 is 1.35 bits per heavy atom. The van der Waals surface area contributed by atoms with Crippen molar-refractivity contribution < 1.29 is 4.74 Å². The highest BCUT2D eigenvalue weighted by molar-refractivity contribution is 7.99. The van der Waals surface area contributed by atoms with Crippen molar-refractivity contribution in [3.8, 4) is 0 Å². The van der Waals surface area contributed by atoms with Crippen LogP contribution in [0.3, 0.4) is 0 Å². The summed E-state index contributed by atoms with van der Waals surface area (Å²) in [4.78, 5) is 30.4. The number of aryl methyl sites for hydroxylation is 1. The van der Waals surface area contributed by atoms with Crippen molar-refractivity contribution in [1.29, 1.82) is 0 Å². The van der Waals surface area contributed by atoms with Crippen molar-refractivity contribution in [2.24, 2.45) is 7.05 Å². The molecule has 7 nitrogen and oxygen atoms in total. The number of nitrogens with one attached hydrogen (secondary N) is 1. The number of rotatable bonds is 6. The number of hydrogen-bond acceptors (Lipinski definition) is 5.